The van der Waals surface area contributed by atoms with E-state index in [2.05, 4.69) is 10.3 Å². The van der Waals surface area contributed by atoms with E-state index >= 15 is 0 Å². The molecule has 0 saturated heterocycles. The summed E-state index contributed by atoms with van der Waals surface area (Å²) in [6.07, 6.45) is 0. The lowest BCUT2D eigenvalue weighted by atomic mass is 10.2. The van der Waals surface area contributed by atoms with Gasteiger partial charge in [0.2, 0.25) is 0 Å². The summed E-state index contributed by atoms with van der Waals surface area (Å²) in [5.74, 6) is -0.484. The van der Waals surface area contributed by atoms with Gasteiger partial charge in [0.25, 0.3) is 0 Å². The Kier molecular flexibility index (Phi) is 3.01. The van der Waals surface area contributed by atoms with Crippen LogP contribution in [0.15, 0.2) is 18.2 Å². The summed E-state index contributed by atoms with van der Waals surface area (Å²) in [5.41, 5.74) is 2.84. The van der Waals surface area contributed by atoms with E-state index in [0.29, 0.717) is 0 Å². The van der Waals surface area contributed by atoms with Gasteiger partial charge in [-0.25, -0.2) is 4.39 Å². The van der Waals surface area contributed by atoms with Gasteiger partial charge in [-0.15, -0.1) is 0 Å². The molecule has 0 bridgehead atoms. The van der Waals surface area contributed by atoms with Gasteiger partial charge in [-0.1, -0.05) is 12.1 Å². The maximum absolute atomic E-state index is 13.2. The van der Waals surface area contributed by atoms with Gasteiger partial charge in [0.1, 0.15) is 0 Å². The number of aliphatic hydroxyl groups excluding tert-OH is 1. The van der Waals surface area contributed by atoms with Crippen LogP contribution in [-0.4, -0.2) is 12.2 Å². The molecule has 0 unspecified atom stereocenters. The number of nitrogens with one attached hydrogen (secondary N) is 1. The molecule has 1 aromatic carbocycles. The van der Waals surface area contributed by atoms with Crippen molar-refractivity contribution < 1.29 is 14.3 Å². The van der Waals surface area contributed by atoms with Crippen LogP contribution in [0.1, 0.15) is 5.56 Å². The fraction of sp³-hybridized carbons (Fsp3) is 0.250. The molecule has 66 valence electrons. The summed E-state index contributed by atoms with van der Waals surface area (Å²) in [7, 11) is 1.39. The van der Waals surface area contributed by atoms with Crippen molar-refractivity contribution >= 4 is 5.69 Å². The molecule has 1 rings (SSSR count). The van der Waals surface area contributed by atoms with Gasteiger partial charge in [-0.2, -0.15) is 0 Å². The summed E-state index contributed by atoms with van der Waals surface area (Å²) in [4.78, 5) is 4.54. The smallest absolute Gasteiger partial charge is 0.154 e. The molecule has 0 aliphatic carbocycles. The first-order valence-corrected chi connectivity index (χ1v) is 3.47. The zero-order valence-electron chi connectivity index (χ0n) is 6.67. The van der Waals surface area contributed by atoms with Crippen molar-refractivity contribution in [2.24, 2.45) is 0 Å². The summed E-state index contributed by atoms with van der Waals surface area (Å²) in [5, 5.41) is 8.70. The van der Waals surface area contributed by atoms with Crippen LogP contribution in [-0.2, 0) is 11.4 Å². The number of anilines is 1. The summed E-state index contributed by atoms with van der Waals surface area (Å²) in [6, 6.07) is 4.67. The Labute approximate surface area is 69.7 Å². The number of hydrogen-bond acceptors (Lipinski definition) is 3. The first-order valence-electron chi connectivity index (χ1n) is 3.47. The topological polar surface area (TPSA) is 41.5 Å². The van der Waals surface area contributed by atoms with Gasteiger partial charge in [0, 0.05) is 5.56 Å². The highest BCUT2D eigenvalue weighted by molar-refractivity contribution is 5.45. The van der Waals surface area contributed by atoms with Gasteiger partial charge in [-0.05, 0) is 6.07 Å². The molecular formula is C8H10FNO2. The average Bonchev–Trinajstić information content (AvgIpc) is 2.09. The molecule has 0 aromatic heterocycles. The second-order valence-corrected chi connectivity index (χ2v) is 2.24. The van der Waals surface area contributed by atoms with Crippen LogP contribution in [0.2, 0.25) is 0 Å². The lowest BCUT2D eigenvalue weighted by Crippen LogP contribution is -2.00. The molecule has 0 aliphatic heterocycles. The van der Waals surface area contributed by atoms with Crippen LogP contribution in [0.3, 0.4) is 0 Å². The predicted molar refractivity (Wildman–Crippen MR) is 43.0 cm³/mol. The van der Waals surface area contributed by atoms with Crippen LogP contribution in [0.4, 0.5) is 10.1 Å². The van der Waals surface area contributed by atoms with E-state index in [-0.39, 0.29) is 17.9 Å². The summed E-state index contributed by atoms with van der Waals surface area (Å²) < 4.78 is 13.2. The molecule has 0 radical (unpaired) electrons. The molecule has 0 saturated carbocycles. The molecule has 1 aromatic rings. The fourth-order valence-electron chi connectivity index (χ4n) is 0.891. The Hall–Kier alpha value is -1.13. The molecule has 0 fully saturated rings. The van der Waals surface area contributed by atoms with Gasteiger partial charge >= 0.3 is 0 Å². The van der Waals surface area contributed by atoms with Crippen molar-refractivity contribution in [2.45, 2.75) is 6.61 Å². The van der Waals surface area contributed by atoms with Gasteiger partial charge < -0.3 is 5.11 Å². The highest BCUT2D eigenvalue weighted by Crippen LogP contribution is 2.17. The van der Waals surface area contributed by atoms with E-state index in [1.807, 2.05) is 0 Å². The maximum atomic E-state index is 13.2. The first kappa shape index (κ1) is 8.96. The molecule has 4 heteroatoms. The third-order valence-electron chi connectivity index (χ3n) is 1.46. The quantitative estimate of drug-likeness (QED) is 0.673. The van der Waals surface area contributed by atoms with E-state index < -0.39 is 5.82 Å². The third-order valence-corrected chi connectivity index (χ3v) is 1.46. The van der Waals surface area contributed by atoms with Crippen LogP contribution in [0, 0.1) is 5.82 Å². The monoisotopic (exact) mass is 171 g/mol. The number of rotatable bonds is 3. The molecule has 2 N–H and O–H groups in total. The van der Waals surface area contributed by atoms with E-state index in [1.165, 1.54) is 19.2 Å². The minimum atomic E-state index is -0.484. The molecule has 0 aliphatic rings. The lowest BCUT2D eigenvalue weighted by Gasteiger charge is -2.06. The molecular weight excluding hydrogens is 161 g/mol. The summed E-state index contributed by atoms with van der Waals surface area (Å²) in [6.45, 7) is -0.314. The van der Waals surface area contributed by atoms with Gasteiger partial charge in [-0.3, -0.25) is 10.3 Å². The van der Waals surface area contributed by atoms with Gasteiger partial charge in [0.15, 0.2) is 5.82 Å². The van der Waals surface area contributed by atoms with Crippen molar-refractivity contribution in [3.8, 4) is 0 Å². The van der Waals surface area contributed by atoms with Crippen LogP contribution >= 0.6 is 0 Å². The Morgan fingerprint density at radius 3 is 2.92 bits per heavy atom. The largest absolute Gasteiger partial charge is 0.392 e. The number of hydrogen-bond donors (Lipinski definition) is 2. The van der Waals surface area contributed by atoms with Crippen molar-refractivity contribution in [3.05, 3.63) is 29.6 Å². The molecule has 3 nitrogen and oxygen atoms in total. The normalized spacial score (nSPS) is 9.92. The standard InChI is InChI=1S/C8H10FNO2/c1-12-10-7-4-2-3-6(5-11)8(7)9/h2-4,10-11H,5H2,1H3. The van der Waals surface area contributed by atoms with E-state index in [4.69, 9.17) is 5.11 Å². The highest BCUT2D eigenvalue weighted by atomic mass is 19.1. The Morgan fingerprint density at radius 2 is 2.33 bits per heavy atom. The minimum absolute atomic E-state index is 0.226. The SMILES string of the molecule is CONc1cccc(CO)c1F. The summed E-state index contributed by atoms with van der Waals surface area (Å²) >= 11 is 0. The minimum Gasteiger partial charge on any atom is -0.392 e. The number of benzene rings is 1. The van der Waals surface area contributed by atoms with Crippen molar-refractivity contribution in [2.75, 3.05) is 12.6 Å². The fourth-order valence-corrected chi connectivity index (χ4v) is 0.891. The molecule has 12 heavy (non-hydrogen) atoms. The zero-order valence-corrected chi connectivity index (χ0v) is 6.67. The third kappa shape index (κ3) is 1.72. The number of halogens is 1. The zero-order chi connectivity index (χ0) is 8.97. The van der Waals surface area contributed by atoms with Crippen LogP contribution < -0.4 is 5.48 Å². The molecule has 0 amide bonds. The molecule has 0 atom stereocenters. The Balaban J connectivity index is 2.97. The first-order chi connectivity index (χ1) is 5.79. The Morgan fingerprint density at radius 1 is 1.58 bits per heavy atom. The van der Waals surface area contributed by atoms with E-state index in [0.717, 1.165) is 0 Å². The highest BCUT2D eigenvalue weighted by Gasteiger charge is 2.05. The van der Waals surface area contributed by atoms with Crippen molar-refractivity contribution in [1.82, 2.24) is 0 Å². The Bertz CT molecular complexity index is 265. The lowest BCUT2D eigenvalue weighted by molar-refractivity contribution is 0.264. The van der Waals surface area contributed by atoms with E-state index in [9.17, 15) is 4.39 Å². The van der Waals surface area contributed by atoms with E-state index in [1.54, 1.807) is 6.07 Å². The maximum Gasteiger partial charge on any atom is 0.154 e. The second-order valence-electron chi connectivity index (χ2n) is 2.24. The van der Waals surface area contributed by atoms with Crippen LogP contribution in [0.5, 0.6) is 0 Å². The average molecular weight is 171 g/mol. The predicted octanol–water partition coefficient (Wildman–Crippen LogP) is 1.29. The second kappa shape index (κ2) is 4.04. The van der Waals surface area contributed by atoms with Crippen molar-refractivity contribution in [3.63, 3.8) is 0 Å². The van der Waals surface area contributed by atoms with Crippen LogP contribution in [0.25, 0.3) is 0 Å². The van der Waals surface area contributed by atoms with Crippen molar-refractivity contribution in [1.29, 1.82) is 0 Å². The number of aliphatic hydroxyl groups is 1. The van der Waals surface area contributed by atoms with Gasteiger partial charge in [0.05, 0.1) is 19.4 Å². The molecule has 0 spiro atoms. The molecule has 0 heterocycles.